The van der Waals surface area contributed by atoms with E-state index in [0.29, 0.717) is 0 Å². The Balaban J connectivity index is 0. The molecule has 5 N–H and O–H groups in total. The number of hydrogen-bond acceptors (Lipinski definition) is 17. The molecule has 2 rings (SSSR count). The van der Waals surface area contributed by atoms with Crippen molar-refractivity contribution in [2.45, 2.75) is 74.1 Å². The predicted molar refractivity (Wildman–Crippen MR) is 118 cm³/mol. The fraction of sp³-hybridized carbons (Fsp3) is 0.818. The molecule has 0 aromatic heterocycles. The minimum atomic E-state index is -1.65. The maximum absolute atomic E-state index is 12.4. The molecule has 43 heavy (non-hydrogen) atoms. The SMILES string of the molecule is COC1OC(CO)C(OC2OC(COCC(=O)[O-])C(OC)C(O)C2NC(=O)CCC(=O)[O-])C(O)C1NCC(=O)[O-].[Na+].[Na+].[Na+]. The van der Waals surface area contributed by atoms with Crippen molar-refractivity contribution in [2.75, 3.05) is 40.6 Å². The zero-order valence-electron chi connectivity index (χ0n) is 24.7. The van der Waals surface area contributed by atoms with Crippen molar-refractivity contribution in [3.8, 4) is 0 Å². The average Bonchev–Trinajstić information content (AvgIpc) is 2.89. The minimum absolute atomic E-state index is 0. The number of carbonyl (C=O) groups is 4. The smallest absolute Gasteiger partial charge is 0.550 e. The van der Waals surface area contributed by atoms with Crippen LogP contribution >= 0.6 is 0 Å². The Bertz CT molecular complexity index is 876. The number of hydrogen-bond donors (Lipinski definition) is 5. The van der Waals surface area contributed by atoms with Crippen molar-refractivity contribution < 1.29 is 167 Å². The third-order valence-corrected chi connectivity index (χ3v) is 6.19. The molecule has 10 atom stereocenters. The number of carbonyl (C=O) groups excluding carboxylic acids is 4. The van der Waals surface area contributed by atoms with Crippen LogP contribution < -0.4 is 115 Å². The predicted octanol–water partition coefficient (Wildman–Crippen LogP) is -17.3. The second-order valence-corrected chi connectivity index (χ2v) is 8.92. The molecule has 230 valence electrons. The number of carboxylic acid groups (broad SMARTS) is 3. The number of ether oxygens (including phenoxy) is 6. The van der Waals surface area contributed by atoms with Crippen LogP contribution in [0.2, 0.25) is 0 Å². The zero-order valence-corrected chi connectivity index (χ0v) is 30.7. The van der Waals surface area contributed by atoms with Crippen LogP contribution in [0, 0.1) is 0 Å². The minimum Gasteiger partial charge on any atom is -0.550 e. The van der Waals surface area contributed by atoms with E-state index in [0.717, 1.165) is 0 Å². The molecule has 18 nitrogen and oxygen atoms in total. The first-order valence-corrected chi connectivity index (χ1v) is 12.1. The monoisotopic (exact) mass is 650 g/mol. The summed E-state index contributed by atoms with van der Waals surface area (Å²) in [5, 5.41) is 69.3. The van der Waals surface area contributed by atoms with Crippen LogP contribution in [0.25, 0.3) is 0 Å². The summed E-state index contributed by atoms with van der Waals surface area (Å²) >= 11 is 0. The van der Waals surface area contributed by atoms with Crippen molar-refractivity contribution in [3.63, 3.8) is 0 Å². The van der Waals surface area contributed by atoms with E-state index in [4.69, 9.17) is 28.4 Å². The van der Waals surface area contributed by atoms with Crippen LogP contribution in [0.5, 0.6) is 0 Å². The summed E-state index contributed by atoms with van der Waals surface area (Å²) in [6.07, 6.45) is -12.5. The van der Waals surface area contributed by atoms with Gasteiger partial charge in [-0.3, -0.25) is 4.79 Å². The standard InChI is InChI=1S/C22H36N2O16.3Na/c1-35-19-10(7-37-8-14(31)32)39-22(16(18(19)34)24-11(26)3-4-12(27)28)40-20-9(6-25)38-21(36-2)15(17(20)33)23-5-13(29)30;;;/h9-10,15-23,25,33-34H,3-8H2,1-2H3,(H,24,26)(H,27,28)(H,29,30)(H,31,32);;;/q;3*+1/p-3. The van der Waals surface area contributed by atoms with E-state index in [2.05, 4.69) is 10.6 Å². The van der Waals surface area contributed by atoms with Gasteiger partial charge in [-0.2, -0.15) is 0 Å². The Morgan fingerprint density at radius 2 is 1.40 bits per heavy atom. The largest absolute Gasteiger partial charge is 1.00 e. The molecular weight excluding hydrogens is 617 g/mol. The first-order chi connectivity index (χ1) is 18.9. The normalized spacial score (nSPS) is 31.8. The fourth-order valence-corrected chi connectivity index (χ4v) is 4.36. The quantitative estimate of drug-likeness (QED) is 0.0970. The zero-order chi connectivity index (χ0) is 30.0. The summed E-state index contributed by atoms with van der Waals surface area (Å²) in [7, 11) is 2.40. The third-order valence-electron chi connectivity index (χ3n) is 6.19. The first kappa shape index (κ1) is 45.6. The maximum Gasteiger partial charge on any atom is 1.00 e. The van der Waals surface area contributed by atoms with Gasteiger partial charge >= 0.3 is 88.7 Å². The summed E-state index contributed by atoms with van der Waals surface area (Å²) in [4.78, 5) is 44.9. The van der Waals surface area contributed by atoms with Crippen molar-refractivity contribution in [2.24, 2.45) is 0 Å². The number of amides is 1. The number of carboxylic acids is 3. The average molecular weight is 650 g/mol. The van der Waals surface area contributed by atoms with E-state index in [1.165, 1.54) is 14.2 Å². The van der Waals surface area contributed by atoms with Gasteiger partial charge in [0.2, 0.25) is 5.91 Å². The number of aliphatic carboxylic acids is 3. The number of rotatable bonds is 16. The van der Waals surface area contributed by atoms with Crippen LogP contribution in [0.3, 0.4) is 0 Å². The summed E-state index contributed by atoms with van der Waals surface area (Å²) in [5.41, 5.74) is 0. The van der Waals surface area contributed by atoms with Crippen molar-refractivity contribution in [3.05, 3.63) is 0 Å². The Hall–Kier alpha value is 0.480. The van der Waals surface area contributed by atoms with Gasteiger partial charge in [-0.1, -0.05) is 0 Å². The molecule has 2 saturated heterocycles. The molecule has 10 unspecified atom stereocenters. The summed E-state index contributed by atoms with van der Waals surface area (Å²) in [6, 6.07) is -2.69. The number of aliphatic hydroxyl groups excluding tert-OH is 3. The van der Waals surface area contributed by atoms with Crippen LogP contribution in [0.1, 0.15) is 12.8 Å². The van der Waals surface area contributed by atoms with E-state index >= 15 is 0 Å². The van der Waals surface area contributed by atoms with Gasteiger partial charge in [-0.05, 0) is 6.42 Å². The van der Waals surface area contributed by atoms with Gasteiger partial charge in [0, 0.05) is 33.2 Å². The Kier molecular flexibility index (Phi) is 24.3. The molecular formula is C22H33N2Na3O16. The summed E-state index contributed by atoms with van der Waals surface area (Å²) in [5.74, 6) is -5.39. The Labute approximate surface area is 313 Å². The molecule has 0 aromatic carbocycles. The van der Waals surface area contributed by atoms with Crippen molar-refractivity contribution in [1.82, 2.24) is 10.6 Å². The van der Waals surface area contributed by atoms with Crippen molar-refractivity contribution in [1.29, 1.82) is 0 Å². The van der Waals surface area contributed by atoms with E-state index < -0.39 is 124 Å². The fourth-order valence-electron chi connectivity index (χ4n) is 4.36. The Morgan fingerprint density at radius 1 is 0.791 bits per heavy atom. The van der Waals surface area contributed by atoms with E-state index in [1.54, 1.807) is 0 Å². The Morgan fingerprint density at radius 3 is 1.91 bits per heavy atom. The van der Waals surface area contributed by atoms with Crippen molar-refractivity contribution >= 4 is 23.8 Å². The van der Waals surface area contributed by atoms with E-state index in [-0.39, 0.29) is 88.7 Å². The second-order valence-electron chi connectivity index (χ2n) is 8.92. The van der Waals surface area contributed by atoms with Crippen LogP contribution in [-0.2, 0) is 47.6 Å². The number of methoxy groups -OCH3 is 2. The van der Waals surface area contributed by atoms with Gasteiger partial charge in [0.15, 0.2) is 12.6 Å². The van der Waals surface area contributed by atoms with Crippen LogP contribution in [0.15, 0.2) is 0 Å². The van der Waals surface area contributed by atoms with Gasteiger partial charge in [0.1, 0.15) is 42.7 Å². The molecule has 2 aliphatic heterocycles. The number of aliphatic hydroxyl groups is 3. The molecule has 2 aliphatic rings. The van der Waals surface area contributed by atoms with Gasteiger partial charge in [-0.25, -0.2) is 0 Å². The van der Waals surface area contributed by atoms with Gasteiger partial charge in [-0.15, -0.1) is 0 Å². The molecule has 2 fully saturated rings. The topological polar surface area (TPSA) is 278 Å². The molecule has 0 aliphatic carbocycles. The molecule has 2 heterocycles. The molecule has 1 amide bonds. The van der Waals surface area contributed by atoms with E-state index in [1.807, 2.05) is 0 Å². The molecule has 21 heteroatoms. The second kappa shape index (κ2) is 22.9. The molecule has 0 bridgehead atoms. The number of nitrogens with one attached hydrogen (secondary N) is 2. The summed E-state index contributed by atoms with van der Waals surface area (Å²) < 4.78 is 32.7. The molecule has 0 radical (unpaired) electrons. The van der Waals surface area contributed by atoms with Gasteiger partial charge in [0.25, 0.3) is 0 Å². The maximum atomic E-state index is 12.4. The van der Waals surface area contributed by atoms with Gasteiger partial charge in [0.05, 0.1) is 37.8 Å². The molecule has 0 aromatic rings. The van der Waals surface area contributed by atoms with Gasteiger partial charge < -0.3 is 84.1 Å². The summed E-state index contributed by atoms with van der Waals surface area (Å²) in [6.45, 7) is -2.73. The first-order valence-electron chi connectivity index (χ1n) is 12.1. The molecule has 0 saturated carbocycles. The van der Waals surface area contributed by atoms with E-state index in [9.17, 15) is 49.8 Å². The molecule has 0 spiro atoms. The third kappa shape index (κ3) is 14.0. The van der Waals surface area contributed by atoms with Crippen LogP contribution in [0.4, 0.5) is 0 Å². The van der Waals surface area contributed by atoms with Crippen LogP contribution in [-0.4, -0.2) is 141 Å².